The number of hydrogen-bond acceptors (Lipinski definition) is 3. The van der Waals surface area contributed by atoms with Crippen LogP contribution < -0.4 is 9.47 Å². The maximum atomic E-state index is 5.63. The molecule has 0 aliphatic carbocycles. The van der Waals surface area contributed by atoms with Crippen molar-refractivity contribution < 1.29 is 9.47 Å². The van der Waals surface area contributed by atoms with Crippen molar-refractivity contribution in [3.05, 3.63) is 83.7 Å². The molecule has 0 bridgehead atoms. The highest BCUT2D eigenvalue weighted by atomic mass is 16.5. The fourth-order valence-electron chi connectivity index (χ4n) is 4.05. The van der Waals surface area contributed by atoms with Gasteiger partial charge < -0.3 is 14.0 Å². The summed E-state index contributed by atoms with van der Waals surface area (Å²) in [5.41, 5.74) is 3.82. The van der Waals surface area contributed by atoms with Gasteiger partial charge in [0, 0.05) is 37.1 Å². The van der Waals surface area contributed by atoms with Crippen LogP contribution in [0.4, 0.5) is 0 Å². The SMILES string of the molecule is COc1ccc(OC)c(CN2CCCn3cccc3[C@@H]2c2ccccc2)c1. The number of methoxy groups -OCH3 is 2. The molecular weight excluding hydrogens is 336 g/mol. The fraction of sp³-hybridized carbons (Fsp3) is 0.304. The predicted molar refractivity (Wildman–Crippen MR) is 107 cm³/mol. The minimum absolute atomic E-state index is 0.222. The highest BCUT2D eigenvalue weighted by Gasteiger charge is 2.28. The molecule has 1 aromatic heterocycles. The standard InChI is InChI=1S/C23H26N2O2/c1-26-20-11-12-22(27-2)19(16-20)17-25-15-7-14-24-13-6-10-21(24)23(25)18-8-4-3-5-9-18/h3-6,8-13,16,23H,7,14-15,17H2,1-2H3/t23-/m0/s1. The maximum absolute atomic E-state index is 5.63. The zero-order chi connectivity index (χ0) is 18.6. The molecule has 4 heteroatoms. The van der Waals surface area contributed by atoms with Crippen molar-refractivity contribution in [1.82, 2.24) is 9.47 Å². The molecule has 0 N–H and O–H groups in total. The Morgan fingerprint density at radius 2 is 1.78 bits per heavy atom. The summed E-state index contributed by atoms with van der Waals surface area (Å²) in [5, 5.41) is 0. The summed E-state index contributed by atoms with van der Waals surface area (Å²) < 4.78 is 13.5. The van der Waals surface area contributed by atoms with Crippen molar-refractivity contribution in [2.75, 3.05) is 20.8 Å². The molecule has 0 fully saturated rings. The normalized spacial score (nSPS) is 17.2. The third-order valence-electron chi connectivity index (χ3n) is 5.33. The Labute approximate surface area is 161 Å². The lowest BCUT2D eigenvalue weighted by Gasteiger charge is -2.31. The number of aromatic nitrogens is 1. The van der Waals surface area contributed by atoms with Crippen LogP contribution in [0.3, 0.4) is 0 Å². The summed E-state index contributed by atoms with van der Waals surface area (Å²) in [6, 6.07) is 21.4. The predicted octanol–water partition coefficient (Wildman–Crippen LogP) is 4.50. The summed E-state index contributed by atoms with van der Waals surface area (Å²) in [5.74, 6) is 1.77. The minimum atomic E-state index is 0.222. The lowest BCUT2D eigenvalue weighted by molar-refractivity contribution is 0.217. The number of nitrogens with zero attached hydrogens (tertiary/aromatic N) is 2. The van der Waals surface area contributed by atoms with Gasteiger partial charge in [0.2, 0.25) is 0 Å². The summed E-state index contributed by atoms with van der Waals surface area (Å²) in [6.45, 7) is 2.89. The second-order valence-corrected chi connectivity index (χ2v) is 6.94. The zero-order valence-corrected chi connectivity index (χ0v) is 16.0. The maximum Gasteiger partial charge on any atom is 0.123 e. The first-order valence-electron chi connectivity index (χ1n) is 9.45. The van der Waals surface area contributed by atoms with Crippen molar-refractivity contribution in [3.63, 3.8) is 0 Å². The molecule has 0 spiro atoms. The summed E-state index contributed by atoms with van der Waals surface area (Å²) in [7, 11) is 3.44. The van der Waals surface area contributed by atoms with Gasteiger partial charge in [-0.3, -0.25) is 4.90 Å². The van der Waals surface area contributed by atoms with E-state index in [1.807, 2.05) is 12.1 Å². The van der Waals surface area contributed by atoms with Gasteiger partial charge in [-0.1, -0.05) is 30.3 Å². The number of aryl methyl sites for hydroxylation is 1. The van der Waals surface area contributed by atoms with Gasteiger partial charge in [-0.2, -0.15) is 0 Å². The molecule has 1 atom stereocenters. The quantitative estimate of drug-likeness (QED) is 0.668. The molecule has 0 saturated heterocycles. The highest BCUT2D eigenvalue weighted by Crippen LogP contribution is 2.35. The van der Waals surface area contributed by atoms with Crippen LogP contribution in [0.25, 0.3) is 0 Å². The van der Waals surface area contributed by atoms with E-state index in [0.717, 1.165) is 43.1 Å². The second kappa shape index (κ2) is 7.89. The Morgan fingerprint density at radius 1 is 0.926 bits per heavy atom. The number of rotatable bonds is 5. The van der Waals surface area contributed by atoms with Crippen molar-refractivity contribution in [3.8, 4) is 11.5 Å². The van der Waals surface area contributed by atoms with Gasteiger partial charge in [-0.15, -0.1) is 0 Å². The smallest absolute Gasteiger partial charge is 0.123 e. The van der Waals surface area contributed by atoms with E-state index in [1.165, 1.54) is 11.3 Å². The molecular formula is C23H26N2O2. The van der Waals surface area contributed by atoms with Gasteiger partial charge >= 0.3 is 0 Å². The fourth-order valence-corrected chi connectivity index (χ4v) is 4.05. The summed E-state index contributed by atoms with van der Waals surface area (Å²) >= 11 is 0. The lowest BCUT2D eigenvalue weighted by Crippen LogP contribution is -2.29. The number of benzene rings is 2. The second-order valence-electron chi connectivity index (χ2n) is 6.94. The first kappa shape index (κ1) is 17.7. The van der Waals surface area contributed by atoms with Crippen LogP contribution in [0.1, 0.15) is 29.3 Å². The van der Waals surface area contributed by atoms with Crippen molar-refractivity contribution in [2.45, 2.75) is 25.6 Å². The van der Waals surface area contributed by atoms with Gasteiger partial charge in [0.15, 0.2) is 0 Å². The highest BCUT2D eigenvalue weighted by molar-refractivity contribution is 5.41. The van der Waals surface area contributed by atoms with E-state index in [-0.39, 0.29) is 6.04 Å². The van der Waals surface area contributed by atoms with Gasteiger partial charge in [0.1, 0.15) is 11.5 Å². The van der Waals surface area contributed by atoms with Gasteiger partial charge in [0.25, 0.3) is 0 Å². The van der Waals surface area contributed by atoms with E-state index in [4.69, 9.17) is 9.47 Å². The molecule has 0 amide bonds. The van der Waals surface area contributed by atoms with Gasteiger partial charge in [-0.25, -0.2) is 0 Å². The molecule has 4 rings (SSSR count). The molecule has 2 heterocycles. The average molecular weight is 362 g/mol. The van der Waals surface area contributed by atoms with Crippen molar-refractivity contribution >= 4 is 0 Å². The number of ether oxygens (including phenoxy) is 2. The van der Waals surface area contributed by atoms with E-state index in [9.17, 15) is 0 Å². The molecule has 0 radical (unpaired) electrons. The average Bonchev–Trinajstić information content (AvgIpc) is 3.10. The molecule has 27 heavy (non-hydrogen) atoms. The van der Waals surface area contributed by atoms with E-state index < -0.39 is 0 Å². The third kappa shape index (κ3) is 3.58. The monoisotopic (exact) mass is 362 g/mol. The number of fused-ring (bicyclic) bond motifs is 1. The zero-order valence-electron chi connectivity index (χ0n) is 16.0. The topological polar surface area (TPSA) is 26.6 Å². The molecule has 4 nitrogen and oxygen atoms in total. The van der Waals surface area contributed by atoms with Crippen LogP contribution in [0.2, 0.25) is 0 Å². The molecule has 2 aromatic carbocycles. The van der Waals surface area contributed by atoms with E-state index in [1.54, 1.807) is 14.2 Å². The molecule has 3 aromatic rings. The first-order valence-corrected chi connectivity index (χ1v) is 9.45. The van der Waals surface area contributed by atoms with E-state index in [2.05, 4.69) is 64.2 Å². The lowest BCUT2D eigenvalue weighted by atomic mass is 10.0. The minimum Gasteiger partial charge on any atom is -0.497 e. The Morgan fingerprint density at radius 3 is 2.56 bits per heavy atom. The first-order chi connectivity index (χ1) is 13.3. The van der Waals surface area contributed by atoms with Crippen LogP contribution in [-0.4, -0.2) is 30.2 Å². The van der Waals surface area contributed by atoms with E-state index in [0.29, 0.717) is 0 Å². The van der Waals surface area contributed by atoms with Crippen molar-refractivity contribution in [2.24, 2.45) is 0 Å². The molecule has 1 aliphatic rings. The van der Waals surface area contributed by atoms with Gasteiger partial charge in [-0.05, 0) is 42.3 Å². The molecule has 0 unspecified atom stereocenters. The van der Waals surface area contributed by atoms with E-state index >= 15 is 0 Å². The van der Waals surface area contributed by atoms with Crippen LogP contribution in [0.15, 0.2) is 66.9 Å². The Balaban J connectivity index is 1.74. The van der Waals surface area contributed by atoms with Crippen LogP contribution in [0.5, 0.6) is 11.5 Å². The Hall–Kier alpha value is -2.72. The van der Waals surface area contributed by atoms with Crippen molar-refractivity contribution in [1.29, 1.82) is 0 Å². The third-order valence-corrected chi connectivity index (χ3v) is 5.33. The molecule has 140 valence electrons. The Kier molecular flexibility index (Phi) is 5.16. The summed E-state index contributed by atoms with van der Waals surface area (Å²) in [4.78, 5) is 2.55. The van der Waals surface area contributed by atoms with Crippen LogP contribution in [0, 0.1) is 0 Å². The summed E-state index contributed by atoms with van der Waals surface area (Å²) in [6.07, 6.45) is 3.32. The Bertz CT molecular complexity index is 888. The van der Waals surface area contributed by atoms with Crippen LogP contribution in [-0.2, 0) is 13.1 Å². The van der Waals surface area contributed by atoms with Crippen LogP contribution >= 0.6 is 0 Å². The number of hydrogen-bond donors (Lipinski definition) is 0. The van der Waals surface area contributed by atoms with Gasteiger partial charge in [0.05, 0.1) is 20.3 Å². The molecule has 0 saturated carbocycles. The largest absolute Gasteiger partial charge is 0.497 e. The molecule has 1 aliphatic heterocycles.